The lowest BCUT2D eigenvalue weighted by atomic mass is 10.1. The van der Waals surface area contributed by atoms with Gasteiger partial charge in [0.15, 0.2) is 5.76 Å². The molecule has 0 amide bonds. The molecule has 1 heterocycles. The minimum atomic E-state index is 0.167. The summed E-state index contributed by atoms with van der Waals surface area (Å²) in [4.78, 5) is 4.23. The largest absolute Gasteiger partial charge is 0.507 e. The molecule has 3 aromatic rings. The number of hydrogen-bond donors (Lipinski definition) is 1. The van der Waals surface area contributed by atoms with Gasteiger partial charge in [0.25, 0.3) is 0 Å². The van der Waals surface area contributed by atoms with Crippen molar-refractivity contribution in [1.82, 2.24) is 4.98 Å². The highest BCUT2D eigenvalue weighted by Crippen LogP contribution is 2.31. The summed E-state index contributed by atoms with van der Waals surface area (Å²) in [6.45, 7) is 2.03. The topological polar surface area (TPSA) is 46.3 Å². The van der Waals surface area contributed by atoms with Crippen LogP contribution in [0.1, 0.15) is 5.56 Å². The summed E-state index contributed by atoms with van der Waals surface area (Å²) in [6.07, 6.45) is 1.68. The second-order valence-corrected chi connectivity index (χ2v) is 4.42. The zero-order valence-corrected chi connectivity index (χ0v) is 10.5. The number of oxazole rings is 1. The predicted molar refractivity (Wildman–Crippen MR) is 73.8 cm³/mol. The molecule has 0 aliphatic carbocycles. The van der Waals surface area contributed by atoms with Crippen LogP contribution in [0.5, 0.6) is 5.75 Å². The van der Waals surface area contributed by atoms with E-state index in [-0.39, 0.29) is 5.75 Å². The van der Waals surface area contributed by atoms with Crippen LogP contribution in [0, 0.1) is 6.92 Å². The molecule has 1 N–H and O–H groups in total. The molecule has 0 radical (unpaired) electrons. The molecule has 0 unspecified atom stereocenters. The summed E-state index contributed by atoms with van der Waals surface area (Å²) < 4.78 is 5.72. The van der Waals surface area contributed by atoms with E-state index >= 15 is 0 Å². The average molecular weight is 251 g/mol. The maximum absolute atomic E-state index is 9.79. The summed E-state index contributed by atoms with van der Waals surface area (Å²) in [5, 5.41) is 9.79. The fourth-order valence-corrected chi connectivity index (χ4v) is 1.98. The van der Waals surface area contributed by atoms with Crippen molar-refractivity contribution in [1.29, 1.82) is 0 Å². The SMILES string of the molecule is Cc1cccc(-c2cnc(-c3ccccc3O)o2)c1. The van der Waals surface area contributed by atoms with E-state index in [0.29, 0.717) is 17.2 Å². The third kappa shape index (κ3) is 2.22. The van der Waals surface area contributed by atoms with Crippen LogP contribution >= 0.6 is 0 Å². The molecular weight excluding hydrogens is 238 g/mol. The third-order valence-corrected chi connectivity index (χ3v) is 2.94. The summed E-state index contributed by atoms with van der Waals surface area (Å²) in [7, 11) is 0. The molecule has 0 saturated heterocycles. The van der Waals surface area contributed by atoms with Gasteiger partial charge in [-0.05, 0) is 25.1 Å². The van der Waals surface area contributed by atoms with E-state index < -0.39 is 0 Å². The Bertz CT molecular complexity index is 716. The van der Waals surface area contributed by atoms with Gasteiger partial charge in [-0.25, -0.2) is 4.98 Å². The number of para-hydroxylation sites is 1. The average Bonchev–Trinajstić information content (AvgIpc) is 2.89. The first-order valence-corrected chi connectivity index (χ1v) is 6.05. The van der Waals surface area contributed by atoms with Crippen molar-refractivity contribution in [3.63, 3.8) is 0 Å². The Morgan fingerprint density at radius 3 is 2.68 bits per heavy atom. The van der Waals surface area contributed by atoms with Gasteiger partial charge in [-0.3, -0.25) is 0 Å². The fourth-order valence-electron chi connectivity index (χ4n) is 1.98. The highest BCUT2D eigenvalue weighted by molar-refractivity contribution is 5.65. The number of benzene rings is 2. The standard InChI is InChI=1S/C16H13NO2/c1-11-5-4-6-12(9-11)15-10-17-16(19-15)13-7-2-3-8-14(13)18/h2-10,18H,1H3. The quantitative estimate of drug-likeness (QED) is 0.748. The van der Waals surface area contributed by atoms with Crippen LogP contribution in [-0.4, -0.2) is 10.1 Å². The van der Waals surface area contributed by atoms with Crippen LogP contribution in [0.2, 0.25) is 0 Å². The van der Waals surface area contributed by atoms with Crippen molar-refractivity contribution in [3.05, 3.63) is 60.3 Å². The number of aromatic nitrogens is 1. The first-order chi connectivity index (χ1) is 9.24. The lowest BCUT2D eigenvalue weighted by Gasteiger charge is -1.99. The highest BCUT2D eigenvalue weighted by Gasteiger charge is 2.11. The smallest absolute Gasteiger partial charge is 0.230 e. The first kappa shape index (κ1) is 11.5. The van der Waals surface area contributed by atoms with E-state index in [1.807, 2.05) is 37.3 Å². The molecule has 1 aromatic heterocycles. The maximum Gasteiger partial charge on any atom is 0.230 e. The number of phenolic OH excluding ortho intramolecular Hbond substituents is 1. The van der Waals surface area contributed by atoms with Gasteiger partial charge in [0.2, 0.25) is 5.89 Å². The van der Waals surface area contributed by atoms with E-state index in [1.54, 1.807) is 24.4 Å². The summed E-state index contributed by atoms with van der Waals surface area (Å²) in [5.41, 5.74) is 2.74. The third-order valence-electron chi connectivity index (χ3n) is 2.94. The highest BCUT2D eigenvalue weighted by atomic mass is 16.4. The van der Waals surface area contributed by atoms with Gasteiger partial charge in [0.1, 0.15) is 5.75 Å². The Hall–Kier alpha value is -2.55. The second kappa shape index (κ2) is 4.61. The van der Waals surface area contributed by atoms with Crippen LogP contribution in [0.25, 0.3) is 22.8 Å². The van der Waals surface area contributed by atoms with Crippen LogP contribution in [0.15, 0.2) is 59.1 Å². The van der Waals surface area contributed by atoms with Crippen molar-refractivity contribution < 1.29 is 9.52 Å². The van der Waals surface area contributed by atoms with Crippen LogP contribution < -0.4 is 0 Å². The Morgan fingerprint density at radius 2 is 1.89 bits per heavy atom. The van der Waals surface area contributed by atoms with Gasteiger partial charge >= 0.3 is 0 Å². The van der Waals surface area contributed by atoms with Crippen molar-refractivity contribution in [2.45, 2.75) is 6.92 Å². The van der Waals surface area contributed by atoms with Gasteiger partial charge < -0.3 is 9.52 Å². The lowest BCUT2D eigenvalue weighted by Crippen LogP contribution is -1.77. The molecule has 3 rings (SSSR count). The lowest BCUT2D eigenvalue weighted by molar-refractivity contribution is 0.473. The van der Waals surface area contributed by atoms with E-state index in [0.717, 1.165) is 11.1 Å². The molecule has 0 saturated carbocycles. The second-order valence-electron chi connectivity index (χ2n) is 4.42. The molecule has 3 heteroatoms. The number of hydrogen-bond acceptors (Lipinski definition) is 3. The molecule has 94 valence electrons. The Labute approximate surface area is 111 Å². The Kier molecular flexibility index (Phi) is 2.80. The molecule has 19 heavy (non-hydrogen) atoms. The number of phenols is 1. The minimum Gasteiger partial charge on any atom is -0.507 e. The summed E-state index contributed by atoms with van der Waals surface area (Å²) >= 11 is 0. The molecule has 0 spiro atoms. The number of aromatic hydroxyl groups is 1. The van der Waals surface area contributed by atoms with Crippen LogP contribution in [0.3, 0.4) is 0 Å². The maximum atomic E-state index is 9.79. The molecule has 2 aromatic carbocycles. The van der Waals surface area contributed by atoms with E-state index in [2.05, 4.69) is 4.98 Å². The Balaban J connectivity index is 2.03. The molecular formula is C16H13NO2. The minimum absolute atomic E-state index is 0.167. The number of nitrogens with zero attached hydrogens (tertiary/aromatic N) is 1. The van der Waals surface area contributed by atoms with E-state index in [1.165, 1.54) is 0 Å². The Morgan fingerprint density at radius 1 is 1.05 bits per heavy atom. The van der Waals surface area contributed by atoms with Gasteiger partial charge in [-0.15, -0.1) is 0 Å². The van der Waals surface area contributed by atoms with Crippen molar-refractivity contribution in [2.24, 2.45) is 0 Å². The zero-order valence-electron chi connectivity index (χ0n) is 10.5. The molecule has 0 fully saturated rings. The summed E-state index contributed by atoms with van der Waals surface area (Å²) in [6, 6.07) is 15.0. The predicted octanol–water partition coefficient (Wildman–Crippen LogP) is 4.02. The monoisotopic (exact) mass is 251 g/mol. The molecule has 0 aliphatic rings. The van der Waals surface area contributed by atoms with Crippen LogP contribution in [0.4, 0.5) is 0 Å². The molecule has 3 nitrogen and oxygen atoms in total. The van der Waals surface area contributed by atoms with Crippen molar-refractivity contribution in [2.75, 3.05) is 0 Å². The fraction of sp³-hybridized carbons (Fsp3) is 0.0625. The van der Waals surface area contributed by atoms with Crippen molar-refractivity contribution >= 4 is 0 Å². The van der Waals surface area contributed by atoms with E-state index in [4.69, 9.17) is 4.42 Å². The van der Waals surface area contributed by atoms with Gasteiger partial charge in [0, 0.05) is 5.56 Å². The van der Waals surface area contributed by atoms with Gasteiger partial charge in [-0.1, -0.05) is 35.9 Å². The molecule has 0 bridgehead atoms. The van der Waals surface area contributed by atoms with Gasteiger partial charge in [-0.2, -0.15) is 0 Å². The molecule has 0 atom stereocenters. The first-order valence-electron chi connectivity index (χ1n) is 6.05. The van der Waals surface area contributed by atoms with Crippen molar-refractivity contribution in [3.8, 4) is 28.5 Å². The summed E-state index contributed by atoms with van der Waals surface area (Å²) in [5.74, 6) is 1.29. The van der Waals surface area contributed by atoms with E-state index in [9.17, 15) is 5.11 Å². The zero-order chi connectivity index (χ0) is 13.2. The van der Waals surface area contributed by atoms with Gasteiger partial charge in [0.05, 0.1) is 11.8 Å². The normalized spacial score (nSPS) is 10.6. The number of rotatable bonds is 2. The molecule has 0 aliphatic heterocycles. The van der Waals surface area contributed by atoms with Crippen LogP contribution in [-0.2, 0) is 0 Å². The number of aryl methyl sites for hydroxylation is 1.